The van der Waals surface area contributed by atoms with Gasteiger partial charge in [-0.05, 0) is 36.4 Å². The summed E-state index contributed by atoms with van der Waals surface area (Å²) in [5.74, 6) is -0.108. The third-order valence-electron chi connectivity index (χ3n) is 2.93. The first-order valence-corrected chi connectivity index (χ1v) is 8.02. The fourth-order valence-electron chi connectivity index (χ4n) is 2.01. The summed E-state index contributed by atoms with van der Waals surface area (Å²) in [5, 5.41) is 2.72. The highest BCUT2D eigenvalue weighted by molar-refractivity contribution is 7.16. The Balaban J connectivity index is 1.81. The fraction of sp³-hybridized carbons (Fsp3) is 0.267. The summed E-state index contributed by atoms with van der Waals surface area (Å²) >= 11 is 7.37. The summed E-state index contributed by atoms with van der Waals surface area (Å²) in [6, 6.07) is 9.57. The Hall–Kier alpha value is -1.70. The van der Waals surface area contributed by atoms with Crippen LogP contribution in [0.25, 0.3) is 0 Å². The lowest BCUT2D eigenvalue weighted by atomic mass is 10.3. The van der Waals surface area contributed by atoms with Crippen LogP contribution in [0.2, 0.25) is 4.34 Å². The van der Waals surface area contributed by atoms with Crippen LogP contribution in [0.4, 0.5) is 14.5 Å². The molecule has 8 heteroatoms. The number of rotatable bonds is 7. The van der Waals surface area contributed by atoms with Crippen LogP contribution < -0.4 is 15.0 Å². The zero-order chi connectivity index (χ0) is 16.8. The molecule has 2 rings (SSSR count). The molecular weight excluding hydrogens is 346 g/mol. The molecule has 1 aromatic carbocycles. The SMILES string of the molecule is C[NH+](CC(=O)Nc1ccc(OC(F)F)cc1)Cc1ccc(Cl)s1. The van der Waals surface area contributed by atoms with E-state index < -0.39 is 6.61 Å². The van der Waals surface area contributed by atoms with Crippen molar-refractivity contribution >= 4 is 34.5 Å². The number of ether oxygens (including phenoxy) is 1. The van der Waals surface area contributed by atoms with Crippen LogP contribution in [-0.4, -0.2) is 26.1 Å². The van der Waals surface area contributed by atoms with Gasteiger partial charge >= 0.3 is 6.61 Å². The van der Waals surface area contributed by atoms with Gasteiger partial charge < -0.3 is 15.0 Å². The van der Waals surface area contributed by atoms with Crippen LogP contribution in [0.15, 0.2) is 36.4 Å². The average molecular weight is 362 g/mol. The molecule has 0 saturated carbocycles. The molecule has 0 spiro atoms. The molecule has 1 amide bonds. The highest BCUT2D eigenvalue weighted by atomic mass is 35.5. The zero-order valence-corrected chi connectivity index (χ0v) is 13.9. The van der Waals surface area contributed by atoms with Crippen molar-refractivity contribution in [2.75, 3.05) is 18.9 Å². The van der Waals surface area contributed by atoms with Gasteiger partial charge in [0.25, 0.3) is 5.91 Å². The zero-order valence-electron chi connectivity index (χ0n) is 12.3. The number of alkyl halides is 2. The smallest absolute Gasteiger partial charge is 0.387 e. The molecule has 0 aliphatic heterocycles. The van der Waals surface area contributed by atoms with E-state index in [4.69, 9.17) is 11.6 Å². The molecule has 2 aromatic rings. The van der Waals surface area contributed by atoms with Crippen molar-refractivity contribution < 1.29 is 23.2 Å². The number of hydrogen-bond acceptors (Lipinski definition) is 3. The monoisotopic (exact) mass is 361 g/mol. The molecule has 0 radical (unpaired) electrons. The Bertz CT molecular complexity index is 649. The Kier molecular flexibility index (Phi) is 6.32. The van der Waals surface area contributed by atoms with E-state index in [0.717, 1.165) is 14.1 Å². The van der Waals surface area contributed by atoms with Crippen molar-refractivity contribution in [1.29, 1.82) is 0 Å². The normalized spacial score (nSPS) is 12.2. The van der Waals surface area contributed by atoms with E-state index >= 15 is 0 Å². The number of nitrogens with one attached hydrogen (secondary N) is 2. The summed E-state index contributed by atoms with van der Waals surface area (Å²) < 4.78 is 29.1. The van der Waals surface area contributed by atoms with E-state index in [1.165, 1.54) is 35.6 Å². The van der Waals surface area contributed by atoms with E-state index in [2.05, 4.69) is 10.1 Å². The summed E-state index contributed by atoms with van der Waals surface area (Å²) in [6.07, 6.45) is 0. The first kappa shape index (κ1) is 17.7. The molecule has 23 heavy (non-hydrogen) atoms. The van der Waals surface area contributed by atoms with E-state index in [9.17, 15) is 13.6 Å². The largest absolute Gasteiger partial charge is 0.435 e. The lowest BCUT2D eigenvalue weighted by Crippen LogP contribution is -3.08. The van der Waals surface area contributed by atoms with Gasteiger partial charge in [-0.15, -0.1) is 11.3 Å². The predicted octanol–water partition coefficient (Wildman–Crippen LogP) is 2.66. The molecule has 1 aromatic heterocycles. The minimum absolute atomic E-state index is 0.0512. The van der Waals surface area contributed by atoms with Crippen molar-refractivity contribution in [3.8, 4) is 5.75 Å². The highest BCUT2D eigenvalue weighted by Crippen LogP contribution is 2.20. The number of likely N-dealkylation sites (N-methyl/N-ethyl adjacent to an activating group) is 1. The molecule has 0 bridgehead atoms. The van der Waals surface area contributed by atoms with Crippen LogP contribution in [0.3, 0.4) is 0 Å². The number of carbonyl (C=O) groups excluding carboxylic acids is 1. The fourth-order valence-corrected chi connectivity index (χ4v) is 3.21. The number of amides is 1. The second kappa shape index (κ2) is 8.24. The standard InChI is InChI=1S/C15H15ClF2N2O2S/c1-20(8-12-6-7-13(16)23-12)9-14(21)19-10-2-4-11(5-3-10)22-15(17)18/h2-7,15H,8-9H2,1H3,(H,19,21)/p+1. The number of carbonyl (C=O) groups is 1. The summed E-state index contributed by atoms with van der Waals surface area (Å²) in [5.41, 5.74) is 0.531. The van der Waals surface area contributed by atoms with Gasteiger partial charge in [-0.1, -0.05) is 11.6 Å². The number of thiophene rings is 1. The maximum atomic E-state index is 12.1. The number of benzene rings is 1. The van der Waals surface area contributed by atoms with Crippen LogP contribution >= 0.6 is 22.9 Å². The average Bonchev–Trinajstić information content (AvgIpc) is 2.85. The van der Waals surface area contributed by atoms with E-state index in [0.29, 0.717) is 12.2 Å². The Morgan fingerprint density at radius 1 is 1.30 bits per heavy atom. The lowest BCUT2D eigenvalue weighted by Gasteiger charge is -2.13. The summed E-state index contributed by atoms with van der Waals surface area (Å²) in [6.45, 7) is -1.88. The summed E-state index contributed by atoms with van der Waals surface area (Å²) in [7, 11) is 1.91. The Morgan fingerprint density at radius 2 is 2.00 bits per heavy atom. The minimum atomic E-state index is -2.86. The molecule has 1 atom stereocenters. The quantitative estimate of drug-likeness (QED) is 0.796. The molecular formula is C15H16ClF2N2O2S+. The van der Waals surface area contributed by atoms with E-state index in [1.54, 1.807) is 0 Å². The Morgan fingerprint density at radius 3 is 2.57 bits per heavy atom. The maximum absolute atomic E-state index is 12.1. The third-order valence-corrected chi connectivity index (χ3v) is 4.16. The number of halogens is 3. The van der Waals surface area contributed by atoms with Crippen LogP contribution in [0, 0.1) is 0 Å². The van der Waals surface area contributed by atoms with Gasteiger partial charge in [0.15, 0.2) is 6.54 Å². The maximum Gasteiger partial charge on any atom is 0.387 e. The minimum Gasteiger partial charge on any atom is -0.435 e. The van der Waals surface area contributed by atoms with Gasteiger partial charge in [-0.25, -0.2) is 0 Å². The van der Waals surface area contributed by atoms with Crippen molar-refractivity contribution in [2.24, 2.45) is 0 Å². The van der Waals surface area contributed by atoms with Crippen LogP contribution in [0.5, 0.6) is 5.75 Å². The summed E-state index contributed by atoms with van der Waals surface area (Å²) in [4.78, 5) is 14.1. The van der Waals surface area contributed by atoms with E-state index in [1.807, 2.05) is 19.2 Å². The van der Waals surface area contributed by atoms with Gasteiger partial charge in [-0.2, -0.15) is 8.78 Å². The van der Waals surface area contributed by atoms with Gasteiger partial charge in [-0.3, -0.25) is 4.79 Å². The first-order valence-electron chi connectivity index (χ1n) is 6.82. The van der Waals surface area contributed by atoms with Gasteiger partial charge in [0, 0.05) is 5.69 Å². The molecule has 0 aliphatic rings. The second-order valence-corrected chi connectivity index (χ2v) is 6.77. The number of anilines is 1. The third kappa shape index (κ3) is 6.13. The van der Waals surface area contributed by atoms with Crippen molar-refractivity contribution in [2.45, 2.75) is 13.2 Å². The van der Waals surface area contributed by atoms with Crippen LogP contribution in [-0.2, 0) is 11.3 Å². The van der Waals surface area contributed by atoms with Crippen molar-refractivity contribution in [3.63, 3.8) is 0 Å². The molecule has 0 saturated heterocycles. The van der Waals surface area contributed by atoms with Crippen molar-refractivity contribution in [3.05, 3.63) is 45.6 Å². The molecule has 2 N–H and O–H groups in total. The lowest BCUT2D eigenvalue weighted by molar-refractivity contribution is -0.884. The van der Waals surface area contributed by atoms with Gasteiger partial charge in [0.2, 0.25) is 0 Å². The number of quaternary nitrogens is 1. The molecule has 124 valence electrons. The number of hydrogen-bond donors (Lipinski definition) is 2. The molecule has 0 aliphatic carbocycles. The highest BCUT2D eigenvalue weighted by Gasteiger charge is 2.12. The molecule has 4 nitrogen and oxygen atoms in total. The first-order chi connectivity index (χ1) is 10.9. The molecule has 1 unspecified atom stereocenters. The van der Waals surface area contributed by atoms with E-state index in [-0.39, 0.29) is 18.2 Å². The molecule has 0 fully saturated rings. The Labute approximate surface area is 141 Å². The van der Waals surface area contributed by atoms with Crippen molar-refractivity contribution in [1.82, 2.24) is 0 Å². The molecule has 1 heterocycles. The van der Waals surface area contributed by atoms with Crippen LogP contribution in [0.1, 0.15) is 4.88 Å². The topological polar surface area (TPSA) is 42.8 Å². The second-order valence-electron chi connectivity index (χ2n) is 4.97. The van der Waals surface area contributed by atoms with Gasteiger partial charge in [0.05, 0.1) is 16.3 Å². The predicted molar refractivity (Wildman–Crippen MR) is 86.5 cm³/mol. The van der Waals surface area contributed by atoms with Gasteiger partial charge in [0.1, 0.15) is 12.3 Å².